The molecule has 0 unspecified atom stereocenters. The van der Waals surface area contributed by atoms with Crippen LogP contribution in [0.1, 0.15) is 11.1 Å². The predicted molar refractivity (Wildman–Crippen MR) is 119 cm³/mol. The van der Waals surface area contributed by atoms with Crippen molar-refractivity contribution in [1.82, 2.24) is 10.2 Å². The second kappa shape index (κ2) is 9.66. The number of nitrogens with zero attached hydrogens (tertiary/aromatic N) is 3. The summed E-state index contributed by atoms with van der Waals surface area (Å²) in [5, 5.41) is 13.5. The molecule has 5 nitrogen and oxygen atoms in total. The smallest absolute Gasteiger partial charge is 0.194 e. The number of hydrogen-bond acceptors (Lipinski definition) is 3. The molecular formula is C20H27IN4O. The number of guanidine groups is 1. The topological polar surface area (TPSA) is 51.1 Å². The van der Waals surface area contributed by atoms with Gasteiger partial charge in [-0.15, -0.1) is 24.0 Å². The molecule has 6 heteroatoms. The molecule has 0 atom stereocenters. The normalized spacial score (nSPS) is 14.8. The second-order valence-electron chi connectivity index (χ2n) is 6.35. The summed E-state index contributed by atoms with van der Waals surface area (Å²) in [5.41, 5.74) is 3.43. The quantitative estimate of drug-likeness (QED) is 0.415. The minimum absolute atomic E-state index is 0. The van der Waals surface area contributed by atoms with Crippen LogP contribution in [0.25, 0.3) is 0 Å². The molecule has 2 aromatic carbocycles. The monoisotopic (exact) mass is 466 g/mol. The lowest BCUT2D eigenvalue weighted by Crippen LogP contribution is -2.52. The summed E-state index contributed by atoms with van der Waals surface area (Å²) in [6, 6.07) is 16.0. The van der Waals surface area contributed by atoms with Crippen molar-refractivity contribution in [3.63, 3.8) is 0 Å². The Morgan fingerprint density at radius 3 is 2.46 bits per heavy atom. The molecule has 0 aliphatic carbocycles. The zero-order chi connectivity index (χ0) is 17.6. The van der Waals surface area contributed by atoms with Crippen molar-refractivity contribution < 1.29 is 5.11 Å². The summed E-state index contributed by atoms with van der Waals surface area (Å²) in [6.07, 6.45) is 0. The number of phenolic OH excluding ortho intramolecular Hbond substituents is 1. The third kappa shape index (κ3) is 5.03. The Morgan fingerprint density at radius 1 is 1.08 bits per heavy atom. The van der Waals surface area contributed by atoms with Crippen LogP contribution in [0, 0.1) is 6.92 Å². The molecule has 3 rings (SSSR count). The van der Waals surface area contributed by atoms with Crippen LogP contribution < -0.4 is 10.2 Å². The number of rotatable bonds is 3. The van der Waals surface area contributed by atoms with Crippen molar-refractivity contribution in [1.29, 1.82) is 0 Å². The summed E-state index contributed by atoms with van der Waals surface area (Å²) in [6.45, 7) is 6.36. The Balaban J connectivity index is 0.00000243. The number of aromatic hydroxyl groups is 1. The van der Waals surface area contributed by atoms with Gasteiger partial charge in [0.15, 0.2) is 5.96 Å². The highest BCUT2D eigenvalue weighted by Crippen LogP contribution is 2.27. The molecule has 1 heterocycles. The van der Waals surface area contributed by atoms with Crippen molar-refractivity contribution in [3.8, 4) is 5.75 Å². The first-order valence-electron chi connectivity index (χ1n) is 8.71. The average Bonchev–Trinajstić information content (AvgIpc) is 2.63. The number of para-hydroxylation sites is 2. The lowest BCUT2D eigenvalue weighted by Gasteiger charge is -2.37. The Labute approximate surface area is 172 Å². The van der Waals surface area contributed by atoms with Gasteiger partial charge >= 0.3 is 0 Å². The molecule has 2 aromatic rings. The van der Waals surface area contributed by atoms with Gasteiger partial charge in [0.25, 0.3) is 0 Å². The van der Waals surface area contributed by atoms with E-state index >= 15 is 0 Å². The van der Waals surface area contributed by atoms with Gasteiger partial charge in [-0.3, -0.25) is 4.99 Å². The maximum Gasteiger partial charge on any atom is 0.194 e. The van der Waals surface area contributed by atoms with Crippen LogP contribution >= 0.6 is 24.0 Å². The van der Waals surface area contributed by atoms with Crippen LogP contribution in [0.3, 0.4) is 0 Å². The van der Waals surface area contributed by atoms with E-state index in [2.05, 4.69) is 51.3 Å². The van der Waals surface area contributed by atoms with Gasteiger partial charge in [-0.25, -0.2) is 0 Å². The van der Waals surface area contributed by atoms with E-state index in [1.54, 1.807) is 6.07 Å². The molecule has 0 spiro atoms. The number of piperazine rings is 1. The Bertz CT molecular complexity index is 742. The highest BCUT2D eigenvalue weighted by Gasteiger charge is 2.21. The summed E-state index contributed by atoms with van der Waals surface area (Å²) >= 11 is 0. The summed E-state index contributed by atoms with van der Waals surface area (Å²) in [7, 11) is 1.83. The molecule has 0 aromatic heterocycles. The lowest BCUT2D eigenvalue weighted by atomic mass is 10.1. The van der Waals surface area contributed by atoms with E-state index in [-0.39, 0.29) is 24.0 Å². The highest BCUT2D eigenvalue weighted by atomic mass is 127. The van der Waals surface area contributed by atoms with Gasteiger partial charge in [-0.1, -0.05) is 42.0 Å². The van der Waals surface area contributed by atoms with Crippen molar-refractivity contribution in [2.75, 3.05) is 38.1 Å². The summed E-state index contributed by atoms with van der Waals surface area (Å²) < 4.78 is 0. The minimum Gasteiger partial charge on any atom is -0.506 e. The molecule has 0 saturated carbocycles. The number of anilines is 1. The van der Waals surface area contributed by atoms with Crippen LogP contribution in [0.2, 0.25) is 0 Å². The first kappa shape index (κ1) is 20.4. The lowest BCUT2D eigenvalue weighted by molar-refractivity contribution is 0.369. The molecule has 140 valence electrons. The van der Waals surface area contributed by atoms with E-state index in [0.29, 0.717) is 5.75 Å². The predicted octanol–water partition coefficient (Wildman–Crippen LogP) is 3.22. The maximum absolute atomic E-state index is 10.0. The molecule has 0 radical (unpaired) electrons. The molecule has 0 amide bonds. The number of nitrogens with one attached hydrogen (secondary N) is 1. The summed E-state index contributed by atoms with van der Waals surface area (Å²) in [4.78, 5) is 8.92. The third-order valence-corrected chi connectivity index (χ3v) is 4.55. The number of hydrogen-bond donors (Lipinski definition) is 2. The maximum atomic E-state index is 10.0. The second-order valence-corrected chi connectivity index (χ2v) is 6.35. The van der Waals surface area contributed by atoms with Gasteiger partial charge < -0.3 is 20.2 Å². The Morgan fingerprint density at radius 2 is 1.81 bits per heavy atom. The fraction of sp³-hybridized carbons (Fsp3) is 0.350. The molecule has 1 aliphatic heterocycles. The van der Waals surface area contributed by atoms with Gasteiger partial charge in [0.05, 0.1) is 5.69 Å². The molecule has 2 N–H and O–H groups in total. The van der Waals surface area contributed by atoms with Crippen LogP contribution in [0.15, 0.2) is 53.5 Å². The third-order valence-electron chi connectivity index (χ3n) is 4.55. The average molecular weight is 466 g/mol. The Kier molecular flexibility index (Phi) is 7.56. The fourth-order valence-electron chi connectivity index (χ4n) is 3.23. The van der Waals surface area contributed by atoms with Crippen molar-refractivity contribution in [2.24, 2.45) is 4.99 Å². The van der Waals surface area contributed by atoms with Crippen LogP contribution in [0.5, 0.6) is 5.75 Å². The minimum atomic E-state index is 0. The number of benzene rings is 2. The van der Waals surface area contributed by atoms with Crippen molar-refractivity contribution in [3.05, 3.63) is 59.7 Å². The molecule has 1 aliphatic rings. The summed E-state index contributed by atoms with van der Waals surface area (Å²) in [5.74, 6) is 1.27. The van der Waals surface area contributed by atoms with Gasteiger partial charge in [0.2, 0.25) is 0 Å². The highest BCUT2D eigenvalue weighted by molar-refractivity contribution is 14.0. The van der Waals surface area contributed by atoms with E-state index in [0.717, 1.165) is 44.4 Å². The van der Waals surface area contributed by atoms with Crippen LogP contribution in [-0.2, 0) is 6.54 Å². The van der Waals surface area contributed by atoms with Crippen molar-refractivity contribution >= 4 is 35.6 Å². The number of phenols is 1. The molecule has 1 saturated heterocycles. The fourth-order valence-corrected chi connectivity index (χ4v) is 3.23. The zero-order valence-electron chi connectivity index (χ0n) is 15.4. The largest absolute Gasteiger partial charge is 0.506 e. The number of aliphatic imine (C=N–C) groups is 1. The van der Waals surface area contributed by atoms with Crippen LogP contribution in [0.4, 0.5) is 5.69 Å². The molecule has 26 heavy (non-hydrogen) atoms. The Hall–Kier alpha value is -1.96. The standard InChI is InChI=1S/C20H26N4O.HI/c1-16-6-5-7-17(14-16)15-22-20(21-2)24-12-10-23(11-13-24)18-8-3-4-9-19(18)25;/h3-9,14,25H,10-13,15H2,1-2H3,(H,21,22);1H. The van der Waals surface area contributed by atoms with E-state index in [1.807, 2.05) is 25.2 Å². The van der Waals surface area contributed by atoms with Gasteiger partial charge in [0.1, 0.15) is 5.75 Å². The number of aryl methyl sites for hydroxylation is 1. The molecule has 1 fully saturated rings. The first-order chi connectivity index (χ1) is 12.2. The van der Waals surface area contributed by atoms with Gasteiger partial charge in [-0.2, -0.15) is 0 Å². The van der Waals surface area contributed by atoms with E-state index in [1.165, 1.54) is 11.1 Å². The van der Waals surface area contributed by atoms with Crippen molar-refractivity contribution in [2.45, 2.75) is 13.5 Å². The van der Waals surface area contributed by atoms with Crippen LogP contribution in [-0.4, -0.2) is 49.2 Å². The van der Waals surface area contributed by atoms with E-state index in [9.17, 15) is 5.11 Å². The van der Waals surface area contributed by atoms with Gasteiger partial charge in [0, 0.05) is 39.8 Å². The van der Waals surface area contributed by atoms with Gasteiger partial charge in [-0.05, 0) is 24.6 Å². The molecular weight excluding hydrogens is 439 g/mol. The van der Waals surface area contributed by atoms with E-state index < -0.39 is 0 Å². The first-order valence-corrected chi connectivity index (χ1v) is 8.71. The van der Waals surface area contributed by atoms with E-state index in [4.69, 9.17) is 0 Å². The zero-order valence-corrected chi connectivity index (χ0v) is 17.7. The number of halogens is 1. The SMILES string of the molecule is CN=C(NCc1cccc(C)c1)N1CCN(c2ccccc2O)CC1.I. The molecule has 0 bridgehead atoms.